The molecular formula is C22H39N3O4S. The van der Waals surface area contributed by atoms with E-state index in [1.165, 1.54) is 4.90 Å². The van der Waals surface area contributed by atoms with Crippen molar-refractivity contribution in [1.82, 2.24) is 15.5 Å². The number of unbranched alkanes of at least 4 members (excludes halogenated alkanes) is 5. The third-order valence-electron chi connectivity index (χ3n) is 5.49. The number of amides is 3. The van der Waals surface area contributed by atoms with Crippen molar-refractivity contribution in [2.75, 3.05) is 25.6 Å². The molecule has 3 unspecified atom stereocenters. The molecule has 2 N–H and O–H groups in total. The molecule has 0 aromatic carbocycles. The fraction of sp³-hybridized carbons (Fsp3) is 0.773. The lowest BCUT2D eigenvalue weighted by Crippen LogP contribution is -2.53. The molecule has 0 bridgehead atoms. The summed E-state index contributed by atoms with van der Waals surface area (Å²) in [5.74, 6) is -0.282. The molecule has 1 aliphatic rings. The molecule has 0 aliphatic carbocycles. The summed E-state index contributed by atoms with van der Waals surface area (Å²) in [7, 11) is 0.563. The maximum atomic E-state index is 12.9. The average Bonchev–Trinajstić information content (AvgIpc) is 2.91. The number of carbonyl (C=O) groups excluding carboxylic acids is 3. The van der Waals surface area contributed by atoms with Crippen molar-refractivity contribution in [3.05, 3.63) is 12.7 Å². The number of nitrogens with one attached hydrogen (secondary N) is 2. The minimum Gasteiger partial charge on any atom is -0.354 e. The molecule has 7 nitrogen and oxygen atoms in total. The highest BCUT2D eigenvalue weighted by Crippen LogP contribution is 2.13. The van der Waals surface area contributed by atoms with Crippen LogP contribution in [0.3, 0.4) is 0 Å². The highest BCUT2D eigenvalue weighted by atomic mass is 32.2. The smallest absolute Gasteiger partial charge is 0.243 e. The molecule has 30 heavy (non-hydrogen) atoms. The molecule has 0 spiro atoms. The summed E-state index contributed by atoms with van der Waals surface area (Å²) in [5.41, 5.74) is 0. The second-order valence-electron chi connectivity index (χ2n) is 8.03. The first-order valence-corrected chi connectivity index (χ1v) is 12.8. The largest absolute Gasteiger partial charge is 0.354 e. The molecule has 0 radical (unpaired) electrons. The van der Waals surface area contributed by atoms with Gasteiger partial charge in [0, 0.05) is 42.8 Å². The van der Waals surface area contributed by atoms with Gasteiger partial charge in [-0.3, -0.25) is 18.6 Å². The first-order valence-electron chi connectivity index (χ1n) is 11.1. The van der Waals surface area contributed by atoms with Gasteiger partial charge in [-0.25, -0.2) is 0 Å². The van der Waals surface area contributed by atoms with Crippen LogP contribution in [0, 0.1) is 0 Å². The van der Waals surface area contributed by atoms with Crippen molar-refractivity contribution < 1.29 is 18.6 Å². The third kappa shape index (κ3) is 10.4. The molecule has 3 amide bonds. The number of hydrogen-bond acceptors (Lipinski definition) is 4. The Morgan fingerprint density at radius 2 is 1.97 bits per heavy atom. The Morgan fingerprint density at radius 1 is 1.27 bits per heavy atom. The summed E-state index contributed by atoms with van der Waals surface area (Å²) < 4.78 is 11.6. The van der Waals surface area contributed by atoms with Crippen LogP contribution in [-0.4, -0.2) is 64.5 Å². The van der Waals surface area contributed by atoms with Crippen molar-refractivity contribution >= 4 is 28.5 Å². The fourth-order valence-electron chi connectivity index (χ4n) is 3.57. The summed E-state index contributed by atoms with van der Waals surface area (Å²) in [6, 6.07) is -1.29. The molecule has 3 atom stereocenters. The van der Waals surface area contributed by atoms with Gasteiger partial charge in [0.05, 0.1) is 0 Å². The quantitative estimate of drug-likeness (QED) is 0.319. The fourth-order valence-corrected chi connectivity index (χ4v) is 4.12. The number of nitrogens with zero attached hydrogens (tertiary/aromatic N) is 1. The van der Waals surface area contributed by atoms with Crippen molar-refractivity contribution in [3.63, 3.8) is 0 Å². The number of likely N-dealkylation sites (N-methyl/N-ethyl adjacent to an activating group) is 1. The van der Waals surface area contributed by atoms with Crippen LogP contribution in [0.1, 0.15) is 70.6 Å². The van der Waals surface area contributed by atoms with Crippen LogP contribution >= 0.6 is 0 Å². The van der Waals surface area contributed by atoms with Crippen molar-refractivity contribution in [2.45, 2.75) is 82.7 Å². The molecule has 0 aromatic rings. The lowest BCUT2D eigenvalue weighted by Gasteiger charge is -2.29. The van der Waals surface area contributed by atoms with Crippen LogP contribution in [-0.2, 0) is 25.2 Å². The summed E-state index contributed by atoms with van der Waals surface area (Å²) in [6.45, 7) is 4.34. The first-order chi connectivity index (χ1) is 14.4. The van der Waals surface area contributed by atoms with E-state index in [0.29, 0.717) is 31.6 Å². The lowest BCUT2D eigenvalue weighted by molar-refractivity contribution is -0.140. The van der Waals surface area contributed by atoms with E-state index in [1.807, 2.05) is 6.08 Å². The van der Waals surface area contributed by atoms with E-state index in [4.69, 9.17) is 0 Å². The standard InChI is InChI=1S/C22H39N3O4S/c1-4-5-6-7-8-9-10-14-20(26)25(2)19(15-17-30(3)29)22(28)24-18-13-11-12-16-23-21(18)27/h4,18-19H,1,5-17H2,2-3H3,(H,23,27)(H,24,28). The molecule has 1 rings (SSSR count). The number of allylic oxidation sites excluding steroid dienone is 1. The summed E-state index contributed by atoms with van der Waals surface area (Å²) in [6.07, 6.45) is 12.7. The van der Waals surface area contributed by atoms with Gasteiger partial charge in [0.2, 0.25) is 17.7 Å². The molecule has 0 saturated carbocycles. The highest BCUT2D eigenvalue weighted by molar-refractivity contribution is 7.84. The van der Waals surface area contributed by atoms with Gasteiger partial charge in [-0.15, -0.1) is 6.58 Å². The Hall–Kier alpha value is -1.70. The zero-order valence-electron chi connectivity index (χ0n) is 18.6. The van der Waals surface area contributed by atoms with Crippen LogP contribution in [0.25, 0.3) is 0 Å². The van der Waals surface area contributed by atoms with Gasteiger partial charge in [0.25, 0.3) is 0 Å². The van der Waals surface area contributed by atoms with E-state index < -0.39 is 22.9 Å². The van der Waals surface area contributed by atoms with Crippen LogP contribution in [0.5, 0.6) is 0 Å². The Labute approximate surface area is 183 Å². The molecule has 0 aromatic heterocycles. The predicted octanol–water partition coefficient (Wildman–Crippen LogP) is 2.28. The van der Waals surface area contributed by atoms with Gasteiger partial charge >= 0.3 is 0 Å². The summed E-state index contributed by atoms with van der Waals surface area (Å²) in [4.78, 5) is 39.2. The van der Waals surface area contributed by atoms with E-state index in [1.54, 1.807) is 13.3 Å². The van der Waals surface area contributed by atoms with Gasteiger partial charge < -0.3 is 15.5 Å². The predicted molar refractivity (Wildman–Crippen MR) is 121 cm³/mol. The zero-order chi connectivity index (χ0) is 22.4. The van der Waals surface area contributed by atoms with E-state index in [-0.39, 0.29) is 17.7 Å². The Balaban J connectivity index is 2.60. The average molecular weight is 442 g/mol. The molecule has 1 heterocycles. The normalized spacial score (nSPS) is 18.6. The molecule has 172 valence electrons. The van der Waals surface area contributed by atoms with Crippen LogP contribution in [0.4, 0.5) is 0 Å². The van der Waals surface area contributed by atoms with Gasteiger partial charge in [-0.2, -0.15) is 0 Å². The van der Waals surface area contributed by atoms with Gasteiger partial charge in [0.1, 0.15) is 12.1 Å². The molecule has 1 fully saturated rings. The Bertz CT molecular complexity index is 597. The lowest BCUT2D eigenvalue weighted by atomic mass is 10.1. The number of rotatable bonds is 14. The topological polar surface area (TPSA) is 95.6 Å². The second kappa shape index (κ2) is 15.2. The molecular weight excluding hydrogens is 402 g/mol. The first kappa shape index (κ1) is 26.3. The molecule has 1 aliphatic heterocycles. The summed E-state index contributed by atoms with van der Waals surface area (Å²) >= 11 is 0. The number of carbonyl (C=O) groups is 3. The maximum absolute atomic E-state index is 12.9. The zero-order valence-corrected chi connectivity index (χ0v) is 19.4. The van der Waals surface area contributed by atoms with Crippen LogP contribution < -0.4 is 10.6 Å². The highest BCUT2D eigenvalue weighted by Gasteiger charge is 2.30. The van der Waals surface area contributed by atoms with Crippen molar-refractivity contribution in [3.8, 4) is 0 Å². The monoisotopic (exact) mass is 441 g/mol. The van der Waals surface area contributed by atoms with E-state index in [0.717, 1.165) is 51.4 Å². The van der Waals surface area contributed by atoms with E-state index >= 15 is 0 Å². The Kier molecular flexibility index (Phi) is 13.3. The van der Waals surface area contributed by atoms with Crippen LogP contribution in [0.2, 0.25) is 0 Å². The Morgan fingerprint density at radius 3 is 2.67 bits per heavy atom. The van der Waals surface area contributed by atoms with Gasteiger partial charge in [0.15, 0.2) is 0 Å². The third-order valence-corrected chi connectivity index (χ3v) is 6.30. The van der Waals surface area contributed by atoms with E-state index in [2.05, 4.69) is 17.2 Å². The van der Waals surface area contributed by atoms with E-state index in [9.17, 15) is 18.6 Å². The molecule has 1 saturated heterocycles. The maximum Gasteiger partial charge on any atom is 0.243 e. The minimum atomic E-state index is -1.06. The van der Waals surface area contributed by atoms with Gasteiger partial charge in [-0.05, 0) is 44.9 Å². The van der Waals surface area contributed by atoms with Gasteiger partial charge in [-0.1, -0.05) is 25.3 Å². The molecule has 8 heteroatoms. The number of hydrogen-bond donors (Lipinski definition) is 2. The minimum absolute atomic E-state index is 0.0894. The summed E-state index contributed by atoms with van der Waals surface area (Å²) in [5, 5.41) is 5.62. The SMILES string of the molecule is C=CCCCCCCCC(=O)N(C)C(CCS(C)=O)C(=O)NC1CCCCNC1=O. The van der Waals surface area contributed by atoms with Crippen LogP contribution in [0.15, 0.2) is 12.7 Å². The van der Waals surface area contributed by atoms with Crippen molar-refractivity contribution in [2.24, 2.45) is 0 Å². The second-order valence-corrected chi connectivity index (χ2v) is 9.58. The van der Waals surface area contributed by atoms with Crippen molar-refractivity contribution in [1.29, 1.82) is 0 Å².